The van der Waals surface area contributed by atoms with Crippen LogP contribution >= 0.6 is 22.9 Å². The lowest BCUT2D eigenvalue weighted by atomic mass is 10.2. The Balaban J connectivity index is 2.12. The first-order chi connectivity index (χ1) is 9.85. The first kappa shape index (κ1) is 16.5. The Morgan fingerprint density at radius 1 is 1.33 bits per heavy atom. The second kappa shape index (κ2) is 6.50. The van der Waals surface area contributed by atoms with Gasteiger partial charge in [-0.15, -0.1) is 11.3 Å². The van der Waals surface area contributed by atoms with Gasteiger partial charge in [0.05, 0.1) is 10.9 Å². The molecule has 116 valence electrons. The van der Waals surface area contributed by atoms with Crippen molar-refractivity contribution in [2.75, 3.05) is 6.54 Å². The molecule has 2 N–H and O–H groups in total. The number of aliphatic hydroxyl groups is 1. The SMILES string of the molecule is Cc1oc(C)c(S(=O)(=O)NCCc2ccc(Cl)s2)c1CO. The average Bonchev–Trinajstić information content (AvgIpc) is 2.92. The van der Waals surface area contributed by atoms with Gasteiger partial charge in [-0.2, -0.15) is 0 Å². The summed E-state index contributed by atoms with van der Waals surface area (Å²) in [6.45, 7) is 3.08. The van der Waals surface area contributed by atoms with Gasteiger partial charge in [0.15, 0.2) is 0 Å². The maximum Gasteiger partial charge on any atom is 0.244 e. The number of rotatable bonds is 6. The Morgan fingerprint density at radius 3 is 2.62 bits per heavy atom. The van der Waals surface area contributed by atoms with Crippen molar-refractivity contribution in [2.24, 2.45) is 0 Å². The fourth-order valence-electron chi connectivity index (χ4n) is 2.11. The third kappa shape index (κ3) is 3.67. The lowest BCUT2D eigenvalue weighted by molar-refractivity contribution is 0.276. The molecule has 0 saturated carbocycles. The number of sulfonamides is 1. The minimum absolute atomic E-state index is 0.0340. The topological polar surface area (TPSA) is 79.5 Å². The fraction of sp³-hybridized carbons (Fsp3) is 0.385. The molecule has 2 heterocycles. The van der Waals surface area contributed by atoms with Crippen LogP contribution < -0.4 is 4.72 Å². The largest absolute Gasteiger partial charge is 0.465 e. The molecule has 0 aliphatic heterocycles. The molecule has 0 aromatic carbocycles. The molecule has 0 radical (unpaired) electrons. The molecule has 0 aliphatic carbocycles. The van der Waals surface area contributed by atoms with Crippen LogP contribution in [0.2, 0.25) is 4.34 Å². The molecule has 0 fully saturated rings. The number of hydrogen-bond donors (Lipinski definition) is 2. The molecule has 0 saturated heterocycles. The molecule has 0 unspecified atom stereocenters. The molecular formula is C13H16ClNO4S2. The number of hydrogen-bond acceptors (Lipinski definition) is 5. The monoisotopic (exact) mass is 349 g/mol. The maximum atomic E-state index is 12.3. The second-order valence-corrected chi connectivity index (χ2v) is 8.04. The molecule has 8 heteroatoms. The third-order valence-electron chi connectivity index (χ3n) is 3.04. The number of aryl methyl sites for hydroxylation is 2. The zero-order chi connectivity index (χ0) is 15.6. The van der Waals surface area contributed by atoms with Crippen LogP contribution in [0.5, 0.6) is 0 Å². The van der Waals surface area contributed by atoms with E-state index in [9.17, 15) is 13.5 Å². The number of aliphatic hydroxyl groups excluding tert-OH is 1. The maximum absolute atomic E-state index is 12.3. The molecule has 5 nitrogen and oxygen atoms in total. The Hall–Kier alpha value is -0.860. The molecule has 0 aliphatic rings. The minimum Gasteiger partial charge on any atom is -0.465 e. The normalized spacial score (nSPS) is 12.0. The zero-order valence-corrected chi connectivity index (χ0v) is 14.0. The van der Waals surface area contributed by atoms with Crippen LogP contribution in [0.4, 0.5) is 0 Å². The van der Waals surface area contributed by atoms with Gasteiger partial charge < -0.3 is 9.52 Å². The first-order valence-corrected chi connectivity index (χ1v) is 8.96. The lowest BCUT2D eigenvalue weighted by Crippen LogP contribution is -2.27. The van der Waals surface area contributed by atoms with Crippen molar-refractivity contribution in [3.05, 3.63) is 38.4 Å². The number of thiophene rings is 1. The molecule has 0 spiro atoms. The Kier molecular flexibility index (Phi) is 5.11. The Morgan fingerprint density at radius 2 is 2.05 bits per heavy atom. The molecule has 2 rings (SSSR count). The lowest BCUT2D eigenvalue weighted by Gasteiger charge is -2.07. The summed E-state index contributed by atoms with van der Waals surface area (Å²) in [6, 6.07) is 3.65. The quantitative estimate of drug-likeness (QED) is 0.840. The number of furan rings is 1. The van der Waals surface area contributed by atoms with Gasteiger partial charge in [0, 0.05) is 17.0 Å². The van der Waals surface area contributed by atoms with E-state index in [4.69, 9.17) is 16.0 Å². The van der Waals surface area contributed by atoms with Gasteiger partial charge in [-0.1, -0.05) is 11.6 Å². The van der Waals surface area contributed by atoms with Gasteiger partial charge in [0.25, 0.3) is 0 Å². The van der Waals surface area contributed by atoms with Crippen LogP contribution in [0, 0.1) is 13.8 Å². The predicted octanol–water partition coefficient (Wildman–Crippen LogP) is 2.62. The van der Waals surface area contributed by atoms with Crippen molar-refractivity contribution in [3.8, 4) is 0 Å². The van der Waals surface area contributed by atoms with Crippen LogP contribution in [0.3, 0.4) is 0 Å². The van der Waals surface area contributed by atoms with Gasteiger partial charge in [-0.3, -0.25) is 0 Å². The van der Waals surface area contributed by atoms with Gasteiger partial charge >= 0.3 is 0 Å². The summed E-state index contributed by atoms with van der Waals surface area (Å²) in [5, 5.41) is 9.32. The van der Waals surface area contributed by atoms with Crippen molar-refractivity contribution in [3.63, 3.8) is 0 Å². The Bertz CT molecular complexity index is 733. The molecule has 0 atom stereocenters. The van der Waals surface area contributed by atoms with Crippen molar-refractivity contribution in [1.29, 1.82) is 0 Å². The van der Waals surface area contributed by atoms with E-state index in [1.807, 2.05) is 6.07 Å². The van der Waals surface area contributed by atoms with E-state index in [1.54, 1.807) is 19.9 Å². The molecule has 2 aromatic heterocycles. The smallest absolute Gasteiger partial charge is 0.244 e. The number of halogens is 1. The fourth-order valence-corrected chi connectivity index (χ4v) is 4.67. The van der Waals surface area contributed by atoms with E-state index in [0.717, 1.165) is 4.88 Å². The van der Waals surface area contributed by atoms with E-state index in [0.29, 0.717) is 22.1 Å². The van der Waals surface area contributed by atoms with Crippen LogP contribution in [0.15, 0.2) is 21.4 Å². The summed E-state index contributed by atoms with van der Waals surface area (Å²) in [7, 11) is -3.71. The summed E-state index contributed by atoms with van der Waals surface area (Å²) in [6.07, 6.45) is 0.557. The highest BCUT2D eigenvalue weighted by molar-refractivity contribution is 7.89. The highest BCUT2D eigenvalue weighted by atomic mass is 35.5. The van der Waals surface area contributed by atoms with Crippen molar-refractivity contribution < 1.29 is 17.9 Å². The van der Waals surface area contributed by atoms with Gasteiger partial charge in [0.2, 0.25) is 10.0 Å². The molecule has 21 heavy (non-hydrogen) atoms. The standard InChI is InChI=1S/C13H16ClNO4S2/c1-8-11(7-16)13(9(2)19-8)21(17,18)15-6-5-10-3-4-12(14)20-10/h3-4,15-16H,5-7H2,1-2H3. The van der Waals surface area contributed by atoms with E-state index in [1.165, 1.54) is 11.3 Å². The summed E-state index contributed by atoms with van der Waals surface area (Å²) in [5.41, 5.74) is 0.305. The number of nitrogens with one attached hydrogen (secondary N) is 1. The van der Waals surface area contributed by atoms with Crippen molar-refractivity contribution in [2.45, 2.75) is 31.8 Å². The molecule has 0 bridgehead atoms. The summed E-state index contributed by atoms with van der Waals surface area (Å²) in [5.74, 6) is 0.698. The van der Waals surface area contributed by atoms with Crippen molar-refractivity contribution >= 4 is 33.0 Å². The van der Waals surface area contributed by atoms with E-state index in [-0.39, 0.29) is 23.8 Å². The average molecular weight is 350 g/mol. The highest BCUT2D eigenvalue weighted by Crippen LogP contribution is 2.26. The van der Waals surface area contributed by atoms with Crippen LogP contribution in [-0.2, 0) is 23.1 Å². The van der Waals surface area contributed by atoms with Gasteiger partial charge in [-0.05, 0) is 32.4 Å². The highest BCUT2D eigenvalue weighted by Gasteiger charge is 2.26. The minimum atomic E-state index is -3.71. The Labute approximate surface area is 132 Å². The molecule has 0 amide bonds. The molecular weight excluding hydrogens is 334 g/mol. The van der Waals surface area contributed by atoms with Gasteiger partial charge in [0.1, 0.15) is 16.4 Å². The summed E-state index contributed by atoms with van der Waals surface area (Å²) >= 11 is 7.25. The second-order valence-electron chi connectivity index (χ2n) is 4.53. The molecule has 2 aromatic rings. The summed E-state index contributed by atoms with van der Waals surface area (Å²) in [4.78, 5) is 1.04. The third-order valence-corrected chi connectivity index (χ3v) is 5.99. The van der Waals surface area contributed by atoms with E-state index >= 15 is 0 Å². The first-order valence-electron chi connectivity index (χ1n) is 6.28. The summed E-state index contributed by atoms with van der Waals surface area (Å²) < 4.78 is 33.2. The zero-order valence-electron chi connectivity index (χ0n) is 11.6. The van der Waals surface area contributed by atoms with Gasteiger partial charge in [-0.25, -0.2) is 13.1 Å². The van der Waals surface area contributed by atoms with Crippen LogP contribution in [-0.4, -0.2) is 20.1 Å². The van der Waals surface area contributed by atoms with Crippen LogP contribution in [0.25, 0.3) is 0 Å². The van der Waals surface area contributed by atoms with E-state index < -0.39 is 10.0 Å². The van der Waals surface area contributed by atoms with E-state index in [2.05, 4.69) is 4.72 Å². The van der Waals surface area contributed by atoms with Crippen LogP contribution in [0.1, 0.15) is 22.0 Å². The van der Waals surface area contributed by atoms with Crippen molar-refractivity contribution in [1.82, 2.24) is 4.72 Å². The predicted molar refractivity (Wildman–Crippen MR) is 82.3 cm³/mol.